The predicted molar refractivity (Wildman–Crippen MR) is 71.1 cm³/mol. The second kappa shape index (κ2) is 6.47. The second-order valence-corrected chi connectivity index (χ2v) is 5.50. The van der Waals surface area contributed by atoms with E-state index in [1.807, 2.05) is 0 Å². The van der Waals surface area contributed by atoms with Crippen LogP contribution < -0.4 is 5.73 Å². The first-order valence-corrected chi connectivity index (χ1v) is 6.60. The van der Waals surface area contributed by atoms with Crippen LogP contribution in [0.3, 0.4) is 0 Å². The Morgan fingerprint density at radius 2 is 2.00 bits per heavy atom. The maximum absolute atomic E-state index is 13.3. The van der Waals surface area contributed by atoms with Gasteiger partial charge in [-0.2, -0.15) is 0 Å². The molecule has 0 aromatic heterocycles. The van der Waals surface area contributed by atoms with E-state index in [0.717, 1.165) is 6.42 Å². The van der Waals surface area contributed by atoms with Gasteiger partial charge in [0.05, 0.1) is 16.6 Å². The van der Waals surface area contributed by atoms with Gasteiger partial charge in [0.15, 0.2) is 0 Å². The van der Waals surface area contributed by atoms with E-state index in [2.05, 4.69) is 29.8 Å². The number of aliphatic hydroxyl groups excluding tert-OH is 1. The first kappa shape index (κ1) is 14.6. The number of aliphatic hydroxyl groups is 1. The van der Waals surface area contributed by atoms with E-state index >= 15 is 0 Å². The summed E-state index contributed by atoms with van der Waals surface area (Å²) in [5, 5.41) is 9.97. The Labute approximate surface area is 110 Å². The van der Waals surface area contributed by atoms with Crippen LogP contribution in [-0.2, 0) is 0 Å². The molecule has 4 heteroatoms. The molecule has 0 saturated heterocycles. The minimum Gasteiger partial charge on any atom is -0.391 e. The van der Waals surface area contributed by atoms with Crippen molar-refractivity contribution in [2.75, 3.05) is 0 Å². The molecule has 0 heterocycles. The lowest BCUT2D eigenvalue weighted by Crippen LogP contribution is -2.27. The molecule has 0 saturated carbocycles. The van der Waals surface area contributed by atoms with Crippen molar-refractivity contribution in [3.8, 4) is 0 Å². The average Bonchev–Trinajstić information content (AvgIpc) is 2.28. The molecular weight excluding hydrogens is 285 g/mol. The Morgan fingerprint density at radius 3 is 2.59 bits per heavy atom. The van der Waals surface area contributed by atoms with Crippen LogP contribution in [0.2, 0.25) is 0 Å². The summed E-state index contributed by atoms with van der Waals surface area (Å²) in [6.45, 7) is 4.19. The van der Waals surface area contributed by atoms with Gasteiger partial charge in [-0.15, -0.1) is 0 Å². The maximum atomic E-state index is 13.3. The Balaban J connectivity index is 2.74. The van der Waals surface area contributed by atoms with Crippen molar-refractivity contribution in [2.24, 2.45) is 11.7 Å². The van der Waals surface area contributed by atoms with Gasteiger partial charge in [-0.05, 0) is 46.3 Å². The van der Waals surface area contributed by atoms with E-state index in [0.29, 0.717) is 22.4 Å². The standard InChI is InChI=1S/C13H19BrFNO/c1-8(2)6-7-11(17)13(16)9-4-3-5-10(15)12(9)14/h3-5,8,11,13,17H,6-7,16H2,1-2H3/t11-,13+/m0/s1. The monoisotopic (exact) mass is 303 g/mol. The Kier molecular flexibility index (Phi) is 5.56. The van der Waals surface area contributed by atoms with E-state index in [1.165, 1.54) is 6.07 Å². The number of benzene rings is 1. The largest absolute Gasteiger partial charge is 0.391 e. The molecule has 0 unspecified atom stereocenters. The summed E-state index contributed by atoms with van der Waals surface area (Å²) in [5.74, 6) is 0.168. The van der Waals surface area contributed by atoms with Crippen molar-refractivity contribution in [3.63, 3.8) is 0 Å². The fraction of sp³-hybridized carbons (Fsp3) is 0.538. The van der Waals surface area contributed by atoms with E-state index in [9.17, 15) is 9.50 Å². The van der Waals surface area contributed by atoms with Gasteiger partial charge in [-0.25, -0.2) is 4.39 Å². The number of nitrogens with two attached hydrogens (primary N) is 1. The lowest BCUT2D eigenvalue weighted by molar-refractivity contribution is 0.128. The van der Waals surface area contributed by atoms with Crippen LogP contribution in [0.15, 0.2) is 22.7 Å². The Bertz CT molecular complexity index is 370. The van der Waals surface area contributed by atoms with Crippen LogP contribution in [0.5, 0.6) is 0 Å². The molecule has 96 valence electrons. The van der Waals surface area contributed by atoms with Crippen molar-refractivity contribution < 1.29 is 9.50 Å². The first-order chi connectivity index (χ1) is 7.93. The van der Waals surface area contributed by atoms with Crippen molar-refractivity contribution >= 4 is 15.9 Å². The number of rotatable bonds is 5. The van der Waals surface area contributed by atoms with Gasteiger partial charge in [-0.3, -0.25) is 0 Å². The zero-order valence-corrected chi connectivity index (χ0v) is 11.7. The van der Waals surface area contributed by atoms with Gasteiger partial charge >= 0.3 is 0 Å². The molecular formula is C13H19BrFNO. The van der Waals surface area contributed by atoms with Gasteiger partial charge in [-0.1, -0.05) is 26.0 Å². The smallest absolute Gasteiger partial charge is 0.137 e. The van der Waals surface area contributed by atoms with Crippen LogP contribution in [0.4, 0.5) is 4.39 Å². The molecule has 1 rings (SSSR count). The van der Waals surface area contributed by atoms with E-state index in [-0.39, 0.29) is 5.82 Å². The normalized spacial score (nSPS) is 15.0. The summed E-state index contributed by atoms with van der Waals surface area (Å²) >= 11 is 3.16. The third-order valence-electron chi connectivity index (χ3n) is 2.79. The SMILES string of the molecule is CC(C)CC[C@H](O)[C@H](N)c1cccc(F)c1Br. The van der Waals surface area contributed by atoms with E-state index in [1.54, 1.807) is 12.1 Å². The second-order valence-electron chi connectivity index (χ2n) is 4.71. The molecule has 0 spiro atoms. The van der Waals surface area contributed by atoms with Crippen LogP contribution in [-0.4, -0.2) is 11.2 Å². The van der Waals surface area contributed by atoms with Crippen LogP contribution in [0, 0.1) is 11.7 Å². The van der Waals surface area contributed by atoms with Gasteiger partial charge in [0, 0.05) is 0 Å². The molecule has 3 N–H and O–H groups in total. The highest BCUT2D eigenvalue weighted by atomic mass is 79.9. The third-order valence-corrected chi connectivity index (χ3v) is 3.63. The molecule has 0 amide bonds. The predicted octanol–water partition coefficient (Wildman–Crippen LogP) is 3.39. The summed E-state index contributed by atoms with van der Waals surface area (Å²) in [5.41, 5.74) is 6.56. The van der Waals surface area contributed by atoms with Crippen molar-refractivity contribution in [2.45, 2.75) is 38.8 Å². The highest BCUT2D eigenvalue weighted by Gasteiger charge is 2.20. The van der Waals surface area contributed by atoms with Crippen LogP contribution >= 0.6 is 15.9 Å². The molecule has 0 fully saturated rings. The molecule has 17 heavy (non-hydrogen) atoms. The van der Waals surface area contributed by atoms with Gasteiger partial charge in [0.2, 0.25) is 0 Å². The summed E-state index contributed by atoms with van der Waals surface area (Å²) in [4.78, 5) is 0. The van der Waals surface area contributed by atoms with Gasteiger partial charge in [0.25, 0.3) is 0 Å². The highest BCUT2D eigenvalue weighted by molar-refractivity contribution is 9.10. The summed E-state index contributed by atoms with van der Waals surface area (Å²) in [7, 11) is 0. The lowest BCUT2D eigenvalue weighted by Gasteiger charge is -2.21. The quantitative estimate of drug-likeness (QED) is 0.876. The number of halogens is 2. The average molecular weight is 304 g/mol. The van der Waals surface area contributed by atoms with Crippen molar-refractivity contribution in [3.05, 3.63) is 34.1 Å². The van der Waals surface area contributed by atoms with E-state index in [4.69, 9.17) is 5.73 Å². The molecule has 0 aliphatic heterocycles. The van der Waals surface area contributed by atoms with Crippen molar-refractivity contribution in [1.82, 2.24) is 0 Å². The maximum Gasteiger partial charge on any atom is 0.137 e. The van der Waals surface area contributed by atoms with Gasteiger partial charge < -0.3 is 10.8 Å². The fourth-order valence-corrected chi connectivity index (χ4v) is 2.20. The molecule has 0 radical (unpaired) electrons. The Hall–Kier alpha value is -0.450. The number of hydrogen-bond donors (Lipinski definition) is 2. The van der Waals surface area contributed by atoms with Gasteiger partial charge in [0.1, 0.15) is 5.82 Å². The lowest BCUT2D eigenvalue weighted by atomic mass is 9.96. The van der Waals surface area contributed by atoms with Crippen LogP contribution in [0.25, 0.3) is 0 Å². The number of hydrogen-bond acceptors (Lipinski definition) is 2. The summed E-state index contributed by atoms with van der Waals surface area (Å²) < 4.78 is 13.7. The molecule has 1 aromatic carbocycles. The van der Waals surface area contributed by atoms with Crippen LogP contribution in [0.1, 0.15) is 38.3 Å². The summed E-state index contributed by atoms with van der Waals surface area (Å²) in [6.07, 6.45) is 0.888. The molecule has 0 bridgehead atoms. The molecule has 2 nitrogen and oxygen atoms in total. The van der Waals surface area contributed by atoms with Crippen molar-refractivity contribution in [1.29, 1.82) is 0 Å². The topological polar surface area (TPSA) is 46.2 Å². The summed E-state index contributed by atoms with van der Waals surface area (Å²) in [6, 6.07) is 4.14. The molecule has 2 atom stereocenters. The minimum absolute atomic E-state index is 0.344. The highest BCUT2D eigenvalue weighted by Crippen LogP contribution is 2.28. The van der Waals surface area contributed by atoms with E-state index < -0.39 is 12.1 Å². The minimum atomic E-state index is -0.643. The third kappa shape index (κ3) is 4.05. The zero-order chi connectivity index (χ0) is 13.0. The fourth-order valence-electron chi connectivity index (χ4n) is 1.67. The Morgan fingerprint density at radius 1 is 1.35 bits per heavy atom. The zero-order valence-electron chi connectivity index (χ0n) is 10.2. The first-order valence-electron chi connectivity index (χ1n) is 5.81. The molecule has 0 aliphatic rings. The molecule has 0 aliphatic carbocycles. The molecule has 1 aromatic rings.